The Morgan fingerprint density at radius 2 is 1.91 bits per heavy atom. The van der Waals surface area contributed by atoms with Crippen LogP contribution in [0.5, 0.6) is 0 Å². The smallest absolute Gasteiger partial charge is 0.251 e. The van der Waals surface area contributed by atoms with Crippen LogP contribution < -0.4 is 5.32 Å². The van der Waals surface area contributed by atoms with Crippen LogP contribution in [0.1, 0.15) is 40.8 Å². The predicted molar refractivity (Wildman–Crippen MR) is 93.1 cm³/mol. The van der Waals surface area contributed by atoms with Gasteiger partial charge in [-0.1, -0.05) is 13.8 Å². The van der Waals surface area contributed by atoms with E-state index in [9.17, 15) is 4.79 Å². The quantitative estimate of drug-likeness (QED) is 0.771. The molecule has 0 aliphatic rings. The highest BCUT2D eigenvalue weighted by atomic mass is 32.1. The summed E-state index contributed by atoms with van der Waals surface area (Å²) >= 11 is 1.59. The van der Waals surface area contributed by atoms with Crippen molar-refractivity contribution in [3.63, 3.8) is 0 Å². The number of nitrogens with one attached hydrogen (secondary N) is 1. The van der Waals surface area contributed by atoms with Gasteiger partial charge in [-0.25, -0.2) is 4.98 Å². The maximum atomic E-state index is 12.2. The Morgan fingerprint density at radius 1 is 1.22 bits per heavy atom. The van der Waals surface area contributed by atoms with E-state index in [0.29, 0.717) is 18.0 Å². The summed E-state index contributed by atoms with van der Waals surface area (Å²) in [5.41, 5.74) is 2.77. The number of benzene rings is 1. The number of aromatic nitrogens is 2. The standard InChI is InChI=1S/C18H19N3OS/c1-13(2)16-12-23-17(20-16)11-19-18(22)14-5-7-15(8-6-14)21-9-3-4-10-21/h3-10,12-13H,11H2,1-2H3,(H,19,22). The van der Waals surface area contributed by atoms with Gasteiger partial charge >= 0.3 is 0 Å². The van der Waals surface area contributed by atoms with Crippen LogP contribution >= 0.6 is 11.3 Å². The molecular weight excluding hydrogens is 306 g/mol. The summed E-state index contributed by atoms with van der Waals surface area (Å²) in [6.07, 6.45) is 3.95. The van der Waals surface area contributed by atoms with Crippen LogP contribution in [0.2, 0.25) is 0 Å². The molecule has 23 heavy (non-hydrogen) atoms. The van der Waals surface area contributed by atoms with E-state index < -0.39 is 0 Å². The molecular formula is C18H19N3OS. The minimum atomic E-state index is -0.0784. The number of hydrogen-bond donors (Lipinski definition) is 1. The van der Waals surface area contributed by atoms with Gasteiger partial charge in [0.2, 0.25) is 0 Å². The van der Waals surface area contributed by atoms with E-state index in [-0.39, 0.29) is 5.91 Å². The van der Waals surface area contributed by atoms with Crippen molar-refractivity contribution in [2.45, 2.75) is 26.3 Å². The molecule has 4 nitrogen and oxygen atoms in total. The second-order valence-corrected chi connectivity index (χ2v) is 6.58. The summed E-state index contributed by atoms with van der Waals surface area (Å²) < 4.78 is 2.00. The van der Waals surface area contributed by atoms with Crippen LogP contribution in [0, 0.1) is 0 Å². The number of hydrogen-bond acceptors (Lipinski definition) is 3. The summed E-state index contributed by atoms with van der Waals surface area (Å²) in [5, 5.41) is 5.91. The lowest BCUT2D eigenvalue weighted by molar-refractivity contribution is 0.0951. The monoisotopic (exact) mass is 325 g/mol. The van der Waals surface area contributed by atoms with Crippen molar-refractivity contribution in [2.75, 3.05) is 0 Å². The molecule has 0 aliphatic carbocycles. The van der Waals surface area contributed by atoms with Crippen LogP contribution in [-0.2, 0) is 6.54 Å². The zero-order valence-electron chi connectivity index (χ0n) is 13.2. The Balaban J connectivity index is 1.61. The normalized spacial score (nSPS) is 10.9. The van der Waals surface area contributed by atoms with Crippen LogP contribution in [0.25, 0.3) is 5.69 Å². The number of carbonyl (C=O) groups is 1. The molecule has 0 unspecified atom stereocenters. The second kappa shape index (κ2) is 6.79. The largest absolute Gasteiger partial charge is 0.346 e. The maximum Gasteiger partial charge on any atom is 0.251 e. The maximum absolute atomic E-state index is 12.2. The number of amides is 1. The second-order valence-electron chi connectivity index (χ2n) is 5.64. The van der Waals surface area contributed by atoms with Gasteiger partial charge in [0, 0.05) is 29.0 Å². The Labute approximate surface area is 139 Å². The van der Waals surface area contributed by atoms with E-state index in [2.05, 4.69) is 29.5 Å². The summed E-state index contributed by atoms with van der Waals surface area (Å²) in [6.45, 7) is 4.70. The predicted octanol–water partition coefficient (Wildman–Crippen LogP) is 3.99. The molecule has 2 heterocycles. The lowest BCUT2D eigenvalue weighted by Gasteiger charge is -2.06. The highest BCUT2D eigenvalue weighted by Gasteiger charge is 2.09. The van der Waals surface area contributed by atoms with Crippen LogP contribution in [-0.4, -0.2) is 15.5 Å². The zero-order valence-corrected chi connectivity index (χ0v) is 14.0. The van der Waals surface area contributed by atoms with Gasteiger partial charge in [-0.05, 0) is 42.3 Å². The van der Waals surface area contributed by atoms with Gasteiger partial charge in [0.1, 0.15) is 5.01 Å². The molecule has 0 bridgehead atoms. The summed E-state index contributed by atoms with van der Waals surface area (Å²) in [4.78, 5) is 16.7. The molecule has 5 heteroatoms. The van der Waals surface area contributed by atoms with Crippen LogP contribution in [0.15, 0.2) is 54.2 Å². The van der Waals surface area contributed by atoms with Gasteiger partial charge in [0.05, 0.1) is 12.2 Å². The molecule has 3 rings (SSSR count). The van der Waals surface area contributed by atoms with Crippen molar-refractivity contribution in [3.8, 4) is 5.69 Å². The molecule has 0 aliphatic heterocycles. The Morgan fingerprint density at radius 3 is 2.52 bits per heavy atom. The van der Waals surface area contributed by atoms with Crippen molar-refractivity contribution in [2.24, 2.45) is 0 Å². The summed E-state index contributed by atoms with van der Waals surface area (Å²) in [5.74, 6) is 0.335. The van der Waals surface area contributed by atoms with Crippen molar-refractivity contribution >= 4 is 17.2 Å². The van der Waals surface area contributed by atoms with E-state index in [0.717, 1.165) is 16.4 Å². The average molecular weight is 325 g/mol. The van der Waals surface area contributed by atoms with Crippen molar-refractivity contribution in [1.29, 1.82) is 0 Å². The first kappa shape index (κ1) is 15.5. The van der Waals surface area contributed by atoms with Crippen LogP contribution in [0.3, 0.4) is 0 Å². The molecule has 1 N–H and O–H groups in total. The fourth-order valence-corrected chi connectivity index (χ4v) is 3.12. The third-order valence-corrected chi connectivity index (χ3v) is 4.46. The van der Waals surface area contributed by atoms with E-state index in [1.54, 1.807) is 11.3 Å². The van der Waals surface area contributed by atoms with E-state index in [4.69, 9.17) is 0 Å². The molecule has 0 saturated heterocycles. The third-order valence-electron chi connectivity index (χ3n) is 3.59. The molecule has 1 aromatic carbocycles. The molecule has 3 aromatic rings. The number of rotatable bonds is 5. The lowest BCUT2D eigenvalue weighted by atomic mass is 10.2. The average Bonchev–Trinajstić information content (AvgIpc) is 3.24. The molecule has 0 saturated carbocycles. The fourth-order valence-electron chi connectivity index (χ4n) is 2.22. The van der Waals surface area contributed by atoms with Gasteiger partial charge in [0.25, 0.3) is 5.91 Å². The Bertz CT molecular complexity index is 773. The fraction of sp³-hybridized carbons (Fsp3) is 0.222. The van der Waals surface area contributed by atoms with E-state index in [1.807, 2.05) is 53.4 Å². The first-order chi connectivity index (χ1) is 11.1. The lowest BCUT2D eigenvalue weighted by Crippen LogP contribution is -2.22. The number of thiazole rings is 1. The molecule has 2 aromatic heterocycles. The minimum Gasteiger partial charge on any atom is -0.346 e. The minimum absolute atomic E-state index is 0.0784. The van der Waals surface area contributed by atoms with Crippen molar-refractivity contribution in [1.82, 2.24) is 14.9 Å². The van der Waals surface area contributed by atoms with Gasteiger partial charge in [-0.15, -0.1) is 11.3 Å². The first-order valence-electron chi connectivity index (χ1n) is 7.59. The van der Waals surface area contributed by atoms with Gasteiger partial charge < -0.3 is 9.88 Å². The van der Waals surface area contributed by atoms with Gasteiger partial charge in [-0.3, -0.25) is 4.79 Å². The Kier molecular flexibility index (Phi) is 4.57. The van der Waals surface area contributed by atoms with Gasteiger partial charge in [-0.2, -0.15) is 0 Å². The van der Waals surface area contributed by atoms with Crippen molar-refractivity contribution in [3.05, 3.63) is 70.4 Å². The van der Waals surface area contributed by atoms with Crippen molar-refractivity contribution < 1.29 is 4.79 Å². The molecule has 0 fully saturated rings. The highest BCUT2D eigenvalue weighted by molar-refractivity contribution is 7.09. The highest BCUT2D eigenvalue weighted by Crippen LogP contribution is 2.17. The summed E-state index contributed by atoms with van der Waals surface area (Å²) in [7, 11) is 0. The number of carbonyl (C=O) groups excluding carboxylic acids is 1. The molecule has 118 valence electrons. The first-order valence-corrected chi connectivity index (χ1v) is 8.47. The van der Waals surface area contributed by atoms with Crippen LogP contribution in [0.4, 0.5) is 0 Å². The SMILES string of the molecule is CC(C)c1csc(CNC(=O)c2ccc(-n3cccc3)cc2)n1. The van der Waals surface area contributed by atoms with E-state index in [1.165, 1.54) is 0 Å². The Hall–Kier alpha value is -2.40. The van der Waals surface area contributed by atoms with E-state index >= 15 is 0 Å². The molecule has 0 atom stereocenters. The third kappa shape index (κ3) is 3.68. The molecule has 0 spiro atoms. The molecule has 0 radical (unpaired) electrons. The summed E-state index contributed by atoms with van der Waals surface area (Å²) in [6, 6.07) is 11.5. The zero-order chi connectivity index (χ0) is 16.2. The molecule has 1 amide bonds. The topological polar surface area (TPSA) is 46.9 Å². The van der Waals surface area contributed by atoms with Gasteiger partial charge in [0.15, 0.2) is 0 Å². The number of nitrogens with zero attached hydrogens (tertiary/aromatic N) is 2.